The highest BCUT2D eigenvalue weighted by Gasteiger charge is 2.22. The van der Waals surface area contributed by atoms with Crippen molar-refractivity contribution in [1.29, 1.82) is 0 Å². The third-order valence-electron chi connectivity index (χ3n) is 3.18. The molecule has 1 atom stereocenters. The fourth-order valence-corrected chi connectivity index (χ4v) is 2.18. The molecule has 1 unspecified atom stereocenters. The summed E-state index contributed by atoms with van der Waals surface area (Å²) in [5.74, 6) is 0.187. The van der Waals surface area contributed by atoms with Gasteiger partial charge in [0.05, 0.1) is 6.04 Å². The Morgan fingerprint density at radius 1 is 1.29 bits per heavy atom. The Morgan fingerprint density at radius 3 is 2.71 bits per heavy atom. The van der Waals surface area contributed by atoms with Gasteiger partial charge in [-0.25, -0.2) is 0 Å². The number of hydrogen-bond acceptors (Lipinski definition) is 3. The number of piperidine rings is 1. The van der Waals surface area contributed by atoms with E-state index in [1.165, 1.54) is 0 Å². The molecule has 1 aliphatic rings. The monoisotopic (exact) mass is 234 g/mol. The zero-order valence-corrected chi connectivity index (χ0v) is 9.80. The molecule has 17 heavy (non-hydrogen) atoms. The second kappa shape index (κ2) is 5.80. The second-order valence-corrected chi connectivity index (χ2v) is 4.39. The quantitative estimate of drug-likeness (QED) is 0.780. The van der Waals surface area contributed by atoms with E-state index in [1.54, 1.807) is 0 Å². The molecule has 0 bridgehead atoms. The van der Waals surface area contributed by atoms with Gasteiger partial charge in [0.15, 0.2) is 0 Å². The fraction of sp³-hybridized carbons (Fsp3) is 0.462. The summed E-state index contributed by atoms with van der Waals surface area (Å²) in [6.07, 6.45) is 2.67. The predicted octanol–water partition coefficient (Wildman–Crippen LogP) is 1.72. The lowest BCUT2D eigenvalue weighted by Crippen LogP contribution is -2.41. The molecule has 1 aliphatic heterocycles. The average Bonchev–Trinajstić information content (AvgIpc) is 2.39. The lowest BCUT2D eigenvalue weighted by Gasteiger charge is -2.30. The van der Waals surface area contributed by atoms with E-state index in [-0.39, 0.29) is 11.9 Å². The van der Waals surface area contributed by atoms with Crippen LogP contribution >= 0.6 is 0 Å². The SMILES string of the molecule is O=C1CCCCN1CC(NO)c1ccccc1. The van der Waals surface area contributed by atoms with Gasteiger partial charge in [0, 0.05) is 19.5 Å². The van der Waals surface area contributed by atoms with Gasteiger partial charge in [-0.15, -0.1) is 0 Å². The van der Waals surface area contributed by atoms with Crippen LogP contribution in [0.2, 0.25) is 0 Å². The normalized spacial score (nSPS) is 18.2. The molecular formula is C13H18N2O2. The summed E-state index contributed by atoms with van der Waals surface area (Å²) in [6.45, 7) is 1.32. The Balaban J connectivity index is 2.02. The topological polar surface area (TPSA) is 52.6 Å². The van der Waals surface area contributed by atoms with Gasteiger partial charge in [-0.2, -0.15) is 5.48 Å². The number of carbonyl (C=O) groups excluding carboxylic acids is 1. The van der Waals surface area contributed by atoms with E-state index in [4.69, 9.17) is 0 Å². The molecule has 0 aliphatic carbocycles. The molecule has 4 heteroatoms. The number of rotatable bonds is 4. The van der Waals surface area contributed by atoms with E-state index in [1.807, 2.05) is 35.2 Å². The molecule has 1 saturated heterocycles. The summed E-state index contributed by atoms with van der Waals surface area (Å²) in [4.78, 5) is 13.5. The van der Waals surface area contributed by atoms with Crippen molar-refractivity contribution in [3.63, 3.8) is 0 Å². The Labute approximate surface area is 101 Å². The first-order valence-electron chi connectivity index (χ1n) is 6.03. The van der Waals surface area contributed by atoms with Crippen LogP contribution in [0.3, 0.4) is 0 Å². The summed E-state index contributed by atoms with van der Waals surface area (Å²) in [5.41, 5.74) is 3.29. The van der Waals surface area contributed by atoms with Crippen molar-refractivity contribution in [3.8, 4) is 0 Å². The number of nitrogens with one attached hydrogen (secondary N) is 1. The predicted molar refractivity (Wildman–Crippen MR) is 64.5 cm³/mol. The molecule has 0 saturated carbocycles. The summed E-state index contributed by atoms with van der Waals surface area (Å²) in [7, 11) is 0. The number of hydroxylamine groups is 1. The summed E-state index contributed by atoms with van der Waals surface area (Å²) < 4.78 is 0. The lowest BCUT2D eigenvalue weighted by atomic mass is 10.0. The Morgan fingerprint density at radius 2 is 2.06 bits per heavy atom. The van der Waals surface area contributed by atoms with Crippen LogP contribution in [0.15, 0.2) is 30.3 Å². The van der Waals surface area contributed by atoms with Crippen LogP contribution in [0.4, 0.5) is 0 Å². The first kappa shape index (κ1) is 12.1. The van der Waals surface area contributed by atoms with Crippen molar-refractivity contribution >= 4 is 5.91 Å². The van der Waals surface area contributed by atoms with E-state index in [9.17, 15) is 10.0 Å². The van der Waals surface area contributed by atoms with Crippen molar-refractivity contribution in [2.24, 2.45) is 0 Å². The zero-order valence-electron chi connectivity index (χ0n) is 9.80. The number of nitrogens with zero attached hydrogens (tertiary/aromatic N) is 1. The van der Waals surface area contributed by atoms with E-state index < -0.39 is 0 Å². The number of hydrogen-bond donors (Lipinski definition) is 2. The van der Waals surface area contributed by atoms with Crippen molar-refractivity contribution < 1.29 is 10.0 Å². The van der Waals surface area contributed by atoms with Crippen molar-refractivity contribution in [2.45, 2.75) is 25.3 Å². The zero-order chi connectivity index (χ0) is 12.1. The van der Waals surface area contributed by atoms with Crippen LogP contribution < -0.4 is 5.48 Å². The minimum absolute atomic E-state index is 0.187. The standard InChI is InChI=1S/C13H18N2O2/c16-13-8-4-5-9-15(13)10-12(14-17)11-6-2-1-3-7-11/h1-3,6-7,12,14,17H,4-5,8-10H2. The summed E-state index contributed by atoms with van der Waals surface area (Å²) >= 11 is 0. The van der Waals surface area contributed by atoms with Crippen LogP contribution in [0, 0.1) is 0 Å². The average molecular weight is 234 g/mol. The number of amides is 1. The molecule has 1 aromatic rings. The van der Waals surface area contributed by atoms with Crippen LogP contribution in [-0.4, -0.2) is 29.1 Å². The van der Waals surface area contributed by atoms with Crippen molar-refractivity contribution in [3.05, 3.63) is 35.9 Å². The number of likely N-dealkylation sites (tertiary alicyclic amines) is 1. The minimum Gasteiger partial charge on any atom is -0.341 e. The Hall–Kier alpha value is -1.39. The van der Waals surface area contributed by atoms with Crippen LogP contribution in [0.1, 0.15) is 30.9 Å². The third kappa shape index (κ3) is 3.05. The lowest BCUT2D eigenvalue weighted by molar-refractivity contribution is -0.134. The van der Waals surface area contributed by atoms with Crippen LogP contribution in [0.25, 0.3) is 0 Å². The van der Waals surface area contributed by atoms with Gasteiger partial charge in [0.1, 0.15) is 0 Å². The van der Waals surface area contributed by atoms with E-state index in [0.29, 0.717) is 13.0 Å². The molecular weight excluding hydrogens is 216 g/mol. The molecule has 0 radical (unpaired) electrons. The first-order valence-corrected chi connectivity index (χ1v) is 6.03. The van der Waals surface area contributed by atoms with E-state index in [2.05, 4.69) is 5.48 Å². The molecule has 0 spiro atoms. The van der Waals surface area contributed by atoms with Crippen LogP contribution in [0.5, 0.6) is 0 Å². The highest BCUT2D eigenvalue weighted by Crippen LogP contribution is 2.17. The van der Waals surface area contributed by atoms with Gasteiger partial charge in [0.2, 0.25) is 5.91 Å². The number of benzene rings is 1. The molecule has 0 aromatic heterocycles. The second-order valence-electron chi connectivity index (χ2n) is 4.39. The molecule has 92 valence electrons. The maximum atomic E-state index is 11.7. The molecule has 4 nitrogen and oxygen atoms in total. The van der Waals surface area contributed by atoms with E-state index in [0.717, 1.165) is 24.9 Å². The van der Waals surface area contributed by atoms with Crippen LogP contribution in [-0.2, 0) is 4.79 Å². The minimum atomic E-state index is -0.210. The maximum Gasteiger partial charge on any atom is 0.222 e. The molecule has 1 aromatic carbocycles. The molecule has 2 N–H and O–H groups in total. The highest BCUT2D eigenvalue weighted by molar-refractivity contribution is 5.76. The van der Waals surface area contributed by atoms with Crippen molar-refractivity contribution in [2.75, 3.05) is 13.1 Å². The fourth-order valence-electron chi connectivity index (χ4n) is 2.18. The third-order valence-corrected chi connectivity index (χ3v) is 3.18. The Bertz CT molecular complexity index is 367. The maximum absolute atomic E-state index is 11.7. The first-order chi connectivity index (χ1) is 8.31. The smallest absolute Gasteiger partial charge is 0.222 e. The molecule has 1 fully saturated rings. The van der Waals surface area contributed by atoms with Gasteiger partial charge in [-0.1, -0.05) is 30.3 Å². The highest BCUT2D eigenvalue weighted by atomic mass is 16.5. The molecule has 1 heterocycles. The van der Waals surface area contributed by atoms with Gasteiger partial charge in [-0.3, -0.25) is 4.79 Å². The van der Waals surface area contributed by atoms with Gasteiger partial charge < -0.3 is 10.1 Å². The van der Waals surface area contributed by atoms with Gasteiger partial charge in [0.25, 0.3) is 0 Å². The molecule has 1 amide bonds. The van der Waals surface area contributed by atoms with Gasteiger partial charge in [-0.05, 0) is 18.4 Å². The van der Waals surface area contributed by atoms with E-state index >= 15 is 0 Å². The van der Waals surface area contributed by atoms with Gasteiger partial charge >= 0.3 is 0 Å². The molecule has 2 rings (SSSR count). The summed E-state index contributed by atoms with van der Waals surface area (Å²) in [6, 6.07) is 9.47. The Kier molecular flexibility index (Phi) is 4.12. The number of carbonyl (C=O) groups is 1. The summed E-state index contributed by atoms with van der Waals surface area (Å²) in [5, 5.41) is 9.21. The largest absolute Gasteiger partial charge is 0.341 e. The van der Waals surface area contributed by atoms with Crippen molar-refractivity contribution in [1.82, 2.24) is 10.4 Å².